The zero-order valence-electron chi connectivity index (χ0n) is 12.9. The first kappa shape index (κ1) is 14.2. The Labute approximate surface area is 127 Å². The van der Waals surface area contributed by atoms with E-state index in [4.69, 9.17) is 4.63 Å². The molecule has 1 aromatic carbocycles. The van der Waals surface area contributed by atoms with Gasteiger partial charge in [-0.3, -0.25) is 4.79 Å². The number of para-hydroxylation sites is 2. The van der Waals surface area contributed by atoms with Crippen LogP contribution in [0, 0.1) is 5.41 Å². The molecule has 3 aromatic rings. The molecule has 7 heteroatoms. The van der Waals surface area contributed by atoms with Crippen LogP contribution in [0.1, 0.15) is 20.8 Å². The predicted molar refractivity (Wildman–Crippen MR) is 82.1 cm³/mol. The fourth-order valence-corrected chi connectivity index (χ4v) is 2.07. The molecular formula is C15H17N5O2. The van der Waals surface area contributed by atoms with Crippen molar-refractivity contribution in [3.05, 3.63) is 24.3 Å². The monoisotopic (exact) mass is 299 g/mol. The van der Waals surface area contributed by atoms with E-state index in [0.717, 1.165) is 11.0 Å². The van der Waals surface area contributed by atoms with Crippen molar-refractivity contribution in [2.45, 2.75) is 20.8 Å². The summed E-state index contributed by atoms with van der Waals surface area (Å²) < 4.78 is 6.69. The third kappa shape index (κ3) is 2.34. The van der Waals surface area contributed by atoms with Crippen LogP contribution in [0.3, 0.4) is 0 Å². The zero-order valence-corrected chi connectivity index (χ0v) is 12.9. The number of aromatic nitrogens is 4. The number of benzene rings is 1. The summed E-state index contributed by atoms with van der Waals surface area (Å²) in [5.74, 6) is 0.702. The van der Waals surface area contributed by atoms with E-state index < -0.39 is 5.41 Å². The summed E-state index contributed by atoms with van der Waals surface area (Å²) in [6.45, 7) is 5.47. The highest BCUT2D eigenvalue weighted by Gasteiger charge is 2.26. The Hall–Kier alpha value is -2.70. The molecule has 0 unspecified atom stereocenters. The minimum Gasteiger partial charge on any atom is -0.326 e. The molecule has 7 nitrogen and oxygen atoms in total. The molecule has 2 aromatic heterocycles. The second kappa shape index (κ2) is 4.94. The number of hydrogen-bond donors (Lipinski definition) is 1. The molecule has 1 N–H and O–H groups in total. The molecular weight excluding hydrogens is 282 g/mol. The number of imidazole rings is 1. The van der Waals surface area contributed by atoms with E-state index in [9.17, 15) is 4.79 Å². The van der Waals surface area contributed by atoms with Crippen LogP contribution in [-0.2, 0) is 11.8 Å². The van der Waals surface area contributed by atoms with Crippen LogP contribution in [-0.4, -0.2) is 25.8 Å². The summed E-state index contributed by atoms with van der Waals surface area (Å²) in [6.07, 6.45) is 0. The minimum atomic E-state index is -0.539. The normalized spacial score (nSPS) is 11.8. The highest BCUT2D eigenvalue weighted by atomic mass is 16.6. The Bertz CT molecular complexity index is 841. The van der Waals surface area contributed by atoms with E-state index in [0.29, 0.717) is 11.5 Å². The molecule has 0 spiro atoms. The van der Waals surface area contributed by atoms with Crippen molar-refractivity contribution in [3.63, 3.8) is 0 Å². The number of hydrogen-bond acceptors (Lipinski definition) is 5. The standard InChI is InChI=1S/C15H17N5O2/c1-15(2,3)14(21)17-12-11(18-22-19-12)13-16-9-7-5-6-8-10(9)20(13)4/h5-8H,1-4H3,(H,17,19,21). The number of nitrogens with one attached hydrogen (secondary N) is 1. The number of nitrogens with zero attached hydrogens (tertiary/aromatic N) is 4. The van der Waals surface area contributed by atoms with E-state index in [1.165, 1.54) is 0 Å². The predicted octanol–water partition coefficient (Wildman–Crippen LogP) is 2.61. The van der Waals surface area contributed by atoms with Crippen molar-refractivity contribution in [3.8, 4) is 11.5 Å². The fourth-order valence-electron chi connectivity index (χ4n) is 2.07. The van der Waals surface area contributed by atoms with E-state index in [1.54, 1.807) is 0 Å². The van der Waals surface area contributed by atoms with Crippen molar-refractivity contribution in [2.24, 2.45) is 12.5 Å². The van der Waals surface area contributed by atoms with Gasteiger partial charge in [-0.2, -0.15) is 0 Å². The minimum absolute atomic E-state index is 0.164. The lowest BCUT2D eigenvalue weighted by molar-refractivity contribution is -0.123. The van der Waals surface area contributed by atoms with Crippen LogP contribution in [0.2, 0.25) is 0 Å². The lowest BCUT2D eigenvalue weighted by atomic mass is 9.96. The summed E-state index contributed by atoms with van der Waals surface area (Å²) in [6, 6.07) is 7.74. The largest absolute Gasteiger partial charge is 0.326 e. The molecule has 0 aliphatic heterocycles. The van der Waals surface area contributed by atoms with E-state index >= 15 is 0 Å². The number of anilines is 1. The number of fused-ring (bicyclic) bond motifs is 1. The van der Waals surface area contributed by atoms with Gasteiger partial charge >= 0.3 is 0 Å². The van der Waals surface area contributed by atoms with Gasteiger partial charge in [-0.1, -0.05) is 32.9 Å². The van der Waals surface area contributed by atoms with Gasteiger partial charge in [0, 0.05) is 12.5 Å². The van der Waals surface area contributed by atoms with Crippen LogP contribution in [0.4, 0.5) is 5.82 Å². The van der Waals surface area contributed by atoms with Crippen molar-refractivity contribution in [1.82, 2.24) is 19.9 Å². The third-order valence-corrected chi connectivity index (χ3v) is 3.40. The average Bonchev–Trinajstić information content (AvgIpc) is 3.03. The van der Waals surface area contributed by atoms with Gasteiger partial charge < -0.3 is 9.88 Å². The van der Waals surface area contributed by atoms with Crippen LogP contribution in [0.25, 0.3) is 22.6 Å². The molecule has 0 saturated carbocycles. The summed E-state index contributed by atoms with van der Waals surface area (Å²) in [7, 11) is 1.88. The van der Waals surface area contributed by atoms with Crippen molar-refractivity contribution >= 4 is 22.8 Å². The maximum atomic E-state index is 12.1. The Balaban J connectivity index is 2.04. The van der Waals surface area contributed by atoms with Crippen LogP contribution < -0.4 is 5.32 Å². The van der Waals surface area contributed by atoms with Crippen molar-refractivity contribution in [2.75, 3.05) is 5.32 Å². The lowest BCUT2D eigenvalue weighted by Crippen LogP contribution is -2.28. The van der Waals surface area contributed by atoms with Gasteiger partial charge in [-0.05, 0) is 22.4 Å². The molecule has 0 saturated heterocycles. The smallest absolute Gasteiger partial charge is 0.231 e. The number of rotatable bonds is 2. The molecule has 0 radical (unpaired) electrons. The molecule has 22 heavy (non-hydrogen) atoms. The number of aryl methyl sites for hydroxylation is 1. The average molecular weight is 299 g/mol. The Kier molecular flexibility index (Phi) is 3.20. The second-order valence-electron chi connectivity index (χ2n) is 6.15. The van der Waals surface area contributed by atoms with Gasteiger partial charge in [-0.15, -0.1) is 0 Å². The topological polar surface area (TPSA) is 85.8 Å². The molecule has 1 amide bonds. The molecule has 0 bridgehead atoms. The van der Waals surface area contributed by atoms with E-state index in [1.807, 2.05) is 56.7 Å². The number of carbonyl (C=O) groups excluding carboxylic acids is 1. The van der Waals surface area contributed by atoms with Gasteiger partial charge in [0.15, 0.2) is 11.5 Å². The van der Waals surface area contributed by atoms with Gasteiger partial charge in [0.05, 0.1) is 11.0 Å². The fraction of sp³-hybridized carbons (Fsp3) is 0.333. The Morgan fingerprint density at radius 3 is 2.64 bits per heavy atom. The molecule has 0 aliphatic rings. The third-order valence-electron chi connectivity index (χ3n) is 3.40. The Morgan fingerprint density at radius 1 is 1.23 bits per heavy atom. The van der Waals surface area contributed by atoms with E-state index in [-0.39, 0.29) is 11.7 Å². The van der Waals surface area contributed by atoms with Crippen LogP contribution in [0.5, 0.6) is 0 Å². The SMILES string of the molecule is Cn1c(-c2nonc2NC(=O)C(C)(C)C)nc2ccccc21. The first-order chi connectivity index (χ1) is 10.4. The van der Waals surface area contributed by atoms with E-state index in [2.05, 4.69) is 20.6 Å². The molecule has 114 valence electrons. The van der Waals surface area contributed by atoms with Gasteiger partial charge in [-0.25, -0.2) is 9.61 Å². The first-order valence-electron chi connectivity index (χ1n) is 6.94. The molecule has 0 aliphatic carbocycles. The highest BCUT2D eigenvalue weighted by molar-refractivity contribution is 5.96. The molecule has 0 atom stereocenters. The number of carbonyl (C=O) groups is 1. The Morgan fingerprint density at radius 2 is 1.95 bits per heavy atom. The molecule has 3 rings (SSSR count). The second-order valence-corrected chi connectivity index (χ2v) is 6.15. The van der Waals surface area contributed by atoms with Gasteiger partial charge in [0.1, 0.15) is 0 Å². The first-order valence-corrected chi connectivity index (χ1v) is 6.94. The molecule has 2 heterocycles. The van der Waals surface area contributed by atoms with Gasteiger partial charge in [0.2, 0.25) is 11.7 Å². The maximum Gasteiger partial charge on any atom is 0.231 e. The number of amides is 1. The summed E-state index contributed by atoms with van der Waals surface area (Å²) >= 11 is 0. The zero-order chi connectivity index (χ0) is 15.9. The van der Waals surface area contributed by atoms with Crippen LogP contribution >= 0.6 is 0 Å². The van der Waals surface area contributed by atoms with Crippen molar-refractivity contribution in [1.29, 1.82) is 0 Å². The highest BCUT2D eigenvalue weighted by Crippen LogP contribution is 2.28. The van der Waals surface area contributed by atoms with Gasteiger partial charge in [0.25, 0.3) is 0 Å². The summed E-state index contributed by atoms with van der Waals surface area (Å²) in [5.41, 5.74) is 1.68. The maximum absolute atomic E-state index is 12.1. The summed E-state index contributed by atoms with van der Waals surface area (Å²) in [4.78, 5) is 16.7. The van der Waals surface area contributed by atoms with Crippen LogP contribution in [0.15, 0.2) is 28.9 Å². The lowest BCUT2D eigenvalue weighted by Gasteiger charge is -2.16. The molecule has 0 fully saturated rings. The quantitative estimate of drug-likeness (QED) is 0.786. The summed E-state index contributed by atoms with van der Waals surface area (Å²) in [5, 5.41) is 10.4. The van der Waals surface area contributed by atoms with Crippen molar-refractivity contribution < 1.29 is 9.42 Å².